The van der Waals surface area contributed by atoms with Gasteiger partial charge in [-0.25, -0.2) is 4.39 Å². The first-order valence-electron chi connectivity index (χ1n) is 4.16. The Hall–Kier alpha value is -0.800. The average molecular weight is 201 g/mol. The van der Waals surface area contributed by atoms with Crippen LogP contribution in [0.4, 0.5) is 10.1 Å². The van der Waals surface area contributed by atoms with Gasteiger partial charge in [0.1, 0.15) is 5.82 Å². The monoisotopic (exact) mass is 200 g/mol. The van der Waals surface area contributed by atoms with E-state index in [9.17, 15) is 4.39 Å². The molecule has 1 saturated heterocycles. The minimum Gasteiger partial charge on any atom is -0.397 e. The van der Waals surface area contributed by atoms with Crippen molar-refractivity contribution in [3.8, 4) is 0 Å². The third-order valence-corrected chi connectivity index (χ3v) is 2.64. The van der Waals surface area contributed by atoms with E-state index in [1.807, 2.05) is 0 Å². The molecule has 1 fully saturated rings. The fourth-order valence-electron chi connectivity index (χ4n) is 1.45. The van der Waals surface area contributed by atoms with Gasteiger partial charge in [-0.1, -0.05) is 11.6 Å². The van der Waals surface area contributed by atoms with Gasteiger partial charge in [0.2, 0.25) is 0 Å². The first-order valence-corrected chi connectivity index (χ1v) is 4.54. The third-order valence-electron chi connectivity index (χ3n) is 2.33. The zero-order chi connectivity index (χ0) is 9.42. The number of nitrogen functional groups attached to an aromatic ring is 1. The number of nitrogens with one attached hydrogen (secondary N) is 1. The number of anilines is 1. The predicted octanol–water partition coefficient (Wildman–Crippen LogP) is 2.10. The Kier molecular flexibility index (Phi) is 2.14. The van der Waals surface area contributed by atoms with Gasteiger partial charge in [-0.15, -0.1) is 0 Å². The highest BCUT2D eigenvalue weighted by Crippen LogP contribution is 2.32. The van der Waals surface area contributed by atoms with Crippen LogP contribution in [0.1, 0.15) is 18.0 Å². The molecule has 0 radical (unpaired) electrons. The molecule has 0 bridgehead atoms. The molecule has 0 aliphatic carbocycles. The molecular weight excluding hydrogens is 191 g/mol. The van der Waals surface area contributed by atoms with Crippen LogP contribution in [0.25, 0.3) is 0 Å². The van der Waals surface area contributed by atoms with E-state index >= 15 is 0 Å². The van der Waals surface area contributed by atoms with Gasteiger partial charge in [0.15, 0.2) is 0 Å². The maximum Gasteiger partial charge on any atom is 0.125 e. The molecule has 2 nitrogen and oxygen atoms in total. The number of nitrogens with two attached hydrogens (primary N) is 1. The van der Waals surface area contributed by atoms with E-state index in [1.54, 1.807) is 0 Å². The molecule has 1 atom stereocenters. The van der Waals surface area contributed by atoms with Crippen molar-refractivity contribution < 1.29 is 4.39 Å². The van der Waals surface area contributed by atoms with Crippen molar-refractivity contribution >= 4 is 17.3 Å². The Morgan fingerprint density at radius 2 is 2.23 bits per heavy atom. The van der Waals surface area contributed by atoms with Gasteiger partial charge >= 0.3 is 0 Å². The lowest BCUT2D eigenvalue weighted by atomic mass is 9.96. The Labute approximate surface area is 80.9 Å². The highest BCUT2D eigenvalue weighted by atomic mass is 35.5. The van der Waals surface area contributed by atoms with E-state index < -0.39 is 0 Å². The molecule has 0 aromatic heterocycles. The average Bonchev–Trinajstić information content (AvgIpc) is 1.95. The van der Waals surface area contributed by atoms with Crippen LogP contribution in [0, 0.1) is 5.82 Å². The highest BCUT2D eigenvalue weighted by Gasteiger charge is 2.22. The maximum absolute atomic E-state index is 13.0. The van der Waals surface area contributed by atoms with Gasteiger partial charge in [-0.3, -0.25) is 0 Å². The second kappa shape index (κ2) is 3.16. The Bertz CT molecular complexity index is 337. The lowest BCUT2D eigenvalue weighted by molar-refractivity contribution is 0.383. The van der Waals surface area contributed by atoms with Gasteiger partial charge in [0.25, 0.3) is 0 Å². The number of halogens is 2. The molecule has 4 heteroatoms. The molecule has 70 valence electrons. The molecule has 1 aromatic rings. The quantitative estimate of drug-likeness (QED) is 0.682. The summed E-state index contributed by atoms with van der Waals surface area (Å²) in [5.41, 5.74) is 6.98. The van der Waals surface area contributed by atoms with Gasteiger partial charge in [0.05, 0.1) is 10.7 Å². The molecule has 0 unspecified atom stereocenters. The van der Waals surface area contributed by atoms with Gasteiger partial charge < -0.3 is 11.1 Å². The van der Waals surface area contributed by atoms with Gasteiger partial charge in [0, 0.05) is 6.04 Å². The van der Waals surface area contributed by atoms with Crippen molar-refractivity contribution in [3.63, 3.8) is 0 Å². The minimum atomic E-state index is -0.331. The number of hydrogen-bond donors (Lipinski definition) is 2. The SMILES string of the molecule is Nc1c(Cl)cc(F)cc1[C@@H]1CCN1. The standard InChI is InChI=1S/C9H10ClFN2/c10-7-4-5(11)3-6(9(7)12)8-1-2-13-8/h3-4,8,13H,1-2,12H2/t8-/m0/s1. The molecule has 1 aliphatic heterocycles. The summed E-state index contributed by atoms with van der Waals surface area (Å²) in [6.45, 7) is 0.957. The van der Waals surface area contributed by atoms with E-state index in [0.29, 0.717) is 10.7 Å². The summed E-state index contributed by atoms with van der Waals surface area (Å²) in [5.74, 6) is -0.331. The second-order valence-corrected chi connectivity index (χ2v) is 3.59. The molecule has 2 rings (SSSR count). The van der Waals surface area contributed by atoms with Crippen LogP contribution < -0.4 is 11.1 Å². The Morgan fingerprint density at radius 1 is 1.54 bits per heavy atom. The molecular formula is C9H10ClFN2. The van der Waals surface area contributed by atoms with Crippen molar-refractivity contribution in [1.82, 2.24) is 5.32 Å². The van der Waals surface area contributed by atoms with Crippen LogP contribution >= 0.6 is 11.6 Å². The van der Waals surface area contributed by atoms with Crippen LogP contribution in [0.15, 0.2) is 12.1 Å². The van der Waals surface area contributed by atoms with Crippen LogP contribution in [0.5, 0.6) is 0 Å². The van der Waals surface area contributed by atoms with Crippen molar-refractivity contribution in [2.45, 2.75) is 12.5 Å². The predicted molar refractivity (Wildman–Crippen MR) is 51.2 cm³/mol. The van der Waals surface area contributed by atoms with Crippen molar-refractivity contribution in [2.75, 3.05) is 12.3 Å². The molecule has 3 N–H and O–H groups in total. The summed E-state index contributed by atoms with van der Waals surface area (Å²) >= 11 is 5.75. The first kappa shape index (κ1) is 8.78. The normalized spacial score (nSPS) is 21.2. The molecule has 0 amide bonds. The fourth-order valence-corrected chi connectivity index (χ4v) is 1.66. The zero-order valence-electron chi connectivity index (χ0n) is 6.98. The van der Waals surface area contributed by atoms with E-state index in [4.69, 9.17) is 17.3 Å². The van der Waals surface area contributed by atoms with Crippen molar-refractivity contribution in [2.24, 2.45) is 0 Å². The summed E-state index contributed by atoms with van der Waals surface area (Å²) in [6, 6.07) is 2.85. The molecule has 0 saturated carbocycles. The summed E-state index contributed by atoms with van der Waals surface area (Å²) in [5, 5.41) is 3.45. The first-order chi connectivity index (χ1) is 6.18. The van der Waals surface area contributed by atoms with Crippen LogP contribution in [0.3, 0.4) is 0 Å². The van der Waals surface area contributed by atoms with Crippen LogP contribution in [0.2, 0.25) is 5.02 Å². The van der Waals surface area contributed by atoms with Crippen molar-refractivity contribution in [3.05, 3.63) is 28.5 Å². The molecule has 1 aliphatic rings. The maximum atomic E-state index is 13.0. The smallest absolute Gasteiger partial charge is 0.125 e. The lowest BCUT2D eigenvalue weighted by Crippen LogP contribution is -2.35. The molecule has 1 heterocycles. The second-order valence-electron chi connectivity index (χ2n) is 3.19. The van der Waals surface area contributed by atoms with E-state index in [-0.39, 0.29) is 11.9 Å². The van der Waals surface area contributed by atoms with Crippen LogP contribution in [-0.4, -0.2) is 6.54 Å². The largest absolute Gasteiger partial charge is 0.397 e. The molecule has 13 heavy (non-hydrogen) atoms. The van der Waals surface area contributed by atoms with E-state index in [0.717, 1.165) is 18.5 Å². The highest BCUT2D eigenvalue weighted by molar-refractivity contribution is 6.33. The number of hydrogen-bond acceptors (Lipinski definition) is 2. The molecule has 1 aromatic carbocycles. The van der Waals surface area contributed by atoms with Gasteiger partial charge in [-0.05, 0) is 30.7 Å². The zero-order valence-corrected chi connectivity index (χ0v) is 7.74. The summed E-state index contributed by atoms with van der Waals surface area (Å²) in [6.07, 6.45) is 0.990. The minimum absolute atomic E-state index is 0.174. The van der Waals surface area contributed by atoms with Gasteiger partial charge in [-0.2, -0.15) is 0 Å². The van der Waals surface area contributed by atoms with Crippen LogP contribution in [-0.2, 0) is 0 Å². The van der Waals surface area contributed by atoms with E-state index in [1.165, 1.54) is 12.1 Å². The number of rotatable bonds is 1. The third kappa shape index (κ3) is 1.49. The summed E-state index contributed by atoms with van der Waals surface area (Å²) < 4.78 is 13.0. The Morgan fingerprint density at radius 3 is 2.77 bits per heavy atom. The Balaban J connectivity index is 2.42. The van der Waals surface area contributed by atoms with Crippen molar-refractivity contribution in [1.29, 1.82) is 0 Å². The summed E-state index contributed by atoms with van der Waals surface area (Å²) in [4.78, 5) is 0. The summed E-state index contributed by atoms with van der Waals surface area (Å²) in [7, 11) is 0. The lowest BCUT2D eigenvalue weighted by Gasteiger charge is -2.29. The molecule has 0 spiro atoms. The fraction of sp³-hybridized carbons (Fsp3) is 0.333. The topological polar surface area (TPSA) is 38.0 Å². The van der Waals surface area contributed by atoms with E-state index in [2.05, 4.69) is 5.32 Å². The number of benzene rings is 1.